The van der Waals surface area contributed by atoms with E-state index in [1.165, 1.54) is 6.08 Å². The summed E-state index contributed by atoms with van der Waals surface area (Å²) in [4.78, 5) is 22.9. The van der Waals surface area contributed by atoms with Crippen LogP contribution >= 0.6 is 0 Å². The minimum Gasteiger partial charge on any atom is -0.430 e. The van der Waals surface area contributed by atoms with Crippen molar-refractivity contribution in [2.75, 3.05) is 6.61 Å². The lowest BCUT2D eigenvalue weighted by atomic mass is 9.68. The Morgan fingerprint density at radius 3 is 3.00 bits per heavy atom. The maximum Gasteiger partial charge on any atom is 0.509 e. The number of Topliss-reactive ketones (excluding diaryl/α,β-unsaturated/α-hetero) is 1. The molecule has 2 aliphatic carbocycles. The van der Waals surface area contributed by atoms with Crippen LogP contribution in [-0.4, -0.2) is 24.1 Å². The Balaban J connectivity index is 1.99. The first kappa shape index (κ1) is 10.9. The topological polar surface area (TPSA) is 52.6 Å². The molecule has 2 unspecified atom stereocenters. The molecule has 0 spiro atoms. The summed E-state index contributed by atoms with van der Waals surface area (Å²) in [6.07, 6.45) is 2.35. The molecule has 0 aromatic heterocycles. The number of rotatable bonds is 3. The minimum atomic E-state index is -0.730. The molecule has 0 heterocycles. The summed E-state index contributed by atoms with van der Waals surface area (Å²) in [6.45, 7) is 7.35. The minimum absolute atomic E-state index is 0.118. The Kier molecular flexibility index (Phi) is 2.58. The van der Waals surface area contributed by atoms with Gasteiger partial charge < -0.3 is 9.47 Å². The average Bonchev–Trinajstić information content (AvgIpc) is 2.46. The lowest BCUT2D eigenvalue weighted by molar-refractivity contribution is -0.128. The number of carbonyl (C=O) groups is 2. The van der Waals surface area contributed by atoms with Crippen molar-refractivity contribution in [3.05, 3.63) is 24.8 Å². The summed E-state index contributed by atoms with van der Waals surface area (Å²) in [5.41, 5.74) is 0.200. The first-order chi connectivity index (χ1) is 7.59. The molecule has 0 aromatic carbocycles. The molecule has 2 atom stereocenters. The second-order valence-electron chi connectivity index (χ2n) is 4.25. The molecule has 0 bridgehead atoms. The van der Waals surface area contributed by atoms with Crippen molar-refractivity contribution in [2.45, 2.75) is 24.9 Å². The van der Waals surface area contributed by atoms with Crippen LogP contribution in [0.25, 0.3) is 0 Å². The SMILES string of the molecule is C=CCOC(=O)OC12CCC(=O)C1C(=C)C2. The van der Waals surface area contributed by atoms with Gasteiger partial charge in [0.1, 0.15) is 18.0 Å². The molecular weight excluding hydrogens is 208 g/mol. The second kappa shape index (κ2) is 3.77. The highest BCUT2D eigenvalue weighted by Gasteiger charge is 2.60. The maximum atomic E-state index is 11.5. The zero-order valence-electron chi connectivity index (χ0n) is 9.03. The predicted octanol–water partition coefficient (Wildman–Crippen LogP) is 2.00. The number of hydrogen-bond donors (Lipinski definition) is 0. The van der Waals surface area contributed by atoms with Crippen LogP contribution in [0, 0.1) is 5.92 Å². The van der Waals surface area contributed by atoms with Gasteiger partial charge in [-0.2, -0.15) is 0 Å². The molecule has 16 heavy (non-hydrogen) atoms. The molecule has 4 nitrogen and oxygen atoms in total. The van der Waals surface area contributed by atoms with Crippen molar-refractivity contribution in [1.29, 1.82) is 0 Å². The molecule has 0 aromatic rings. The van der Waals surface area contributed by atoms with Gasteiger partial charge in [-0.1, -0.05) is 24.8 Å². The molecule has 0 amide bonds. The van der Waals surface area contributed by atoms with Gasteiger partial charge in [0.25, 0.3) is 0 Å². The van der Waals surface area contributed by atoms with Gasteiger partial charge in [0.2, 0.25) is 0 Å². The van der Waals surface area contributed by atoms with E-state index in [0.29, 0.717) is 19.3 Å². The Labute approximate surface area is 93.9 Å². The van der Waals surface area contributed by atoms with Gasteiger partial charge in [-0.3, -0.25) is 4.79 Å². The molecule has 0 saturated heterocycles. The van der Waals surface area contributed by atoms with Crippen LogP contribution in [0.4, 0.5) is 4.79 Å². The number of ketones is 1. The molecule has 0 N–H and O–H groups in total. The lowest BCUT2D eigenvalue weighted by Crippen LogP contribution is -2.50. The van der Waals surface area contributed by atoms with E-state index in [1.54, 1.807) is 0 Å². The van der Waals surface area contributed by atoms with E-state index in [1.807, 2.05) is 0 Å². The third-order valence-corrected chi connectivity index (χ3v) is 3.18. The smallest absolute Gasteiger partial charge is 0.430 e. The average molecular weight is 222 g/mol. The summed E-state index contributed by atoms with van der Waals surface area (Å²) in [7, 11) is 0. The largest absolute Gasteiger partial charge is 0.509 e. The summed E-state index contributed by atoms with van der Waals surface area (Å²) >= 11 is 0. The first-order valence-electron chi connectivity index (χ1n) is 5.26. The van der Waals surface area contributed by atoms with Crippen LogP contribution in [0.2, 0.25) is 0 Å². The van der Waals surface area contributed by atoms with Gasteiger partial charge in [-0.25, -0.2) is 4.79 Å². The summed E-state index contributed by atoms with van der Waals surface area (Å²) < 4.78 is 10.0. The predicted molar refractivity (Wildman–Crippen MR) is 56.8 cm³/mol. The quantitative estimate of drug-likeness (QED) is 0.541. The number of ether oxygens (including phenoxy) is 2. The van der Waals surface area contributed by atoms with Crippen LogP contribution in [0.1, 0.15) is 19.3 Å². The fourth-order valence-corrected chi connectivity index (χ4v) is 2.53. The summed E-state index contributed by atoms with van der Waals surface area (Å²) in [5, 5.41) is 0. The third-order valence-electron chi connectivity index (χ3n) is 3.18. The summed E-state index contributed by atoms with van der Waals surface area (Å²) in [5.74, 6) is -0.184. The lowest BCUT2D eigenvalue weighted by Gasteiger charge is -2.44. The van der Waals surface area contributed by atoms with E-state index in [2.05, 4.69) is 13.2 Å². The van der Waals surface area contributed by atoms with Crippen molar-refractivity contribution >= 4 is 11.9 Å². The fraction of sp³-hybridized carbons (Fsp3) is 0.500. The molecule has 2 fully saturated rings. The van der Waals surface area contributed by atoms with Crippen molar-refractivity contribution in [1.82, 2.24) is 0 Å². The summed E-state index contributed by atoms with van der Waals surface area (Å²) in [6, 6.07) is 0. The van der Waals surface area contributed by atoms with Gasteiger partial charge >= 0.3 is 6.16 Å². The van der Waals surface area contributed by atoms with Crippen molar-refractivity contribution in [3.63, 3.8) is 0 Å². The van der Waals surface area contributed by atoms with Gasteiger partial charge in [-0.15, -0.1) is 0 Å². The van der Waals surface area contributed by atoms with Gasteiger partial charge in [0.15, 0.2) is 0 Å². The standard InChI is InChI=1S/C12H14O4/c1-3-6-15-11(14)16-12-5-4-9(13)10(12)8(2)7-12/h3,10H,1-2,4-7H2. The monoisotopic (exact) mass is 222 g/mol. The molecular formula is C12H14O4. The van der Waals surface area contributed by atoms with Gasteiger partial charge in [0, 0.05) is 12.8 Å². The van der Waals surface area contributed by atoms with Crippen LogP contribution in [0.5, 0.6) is 0 Å². The van der Waals surface area contributed by atoms with E-state index in [9.17, 15) is 9.59 Å². The zero-order chi connectivity index (χ0) is 11.8. The highest BCUT2D eigenvalue weighted by molar-refractivity contribution is 5.90. The molecule has 0 radical (unpaired) electrons. The van der Waals surface area contributed by atoms with E-state index in [-0.39, 0.29) is 18.3 Å². The molecule has 4 heteroatoms. The Morgan fingerprint density at radius 2 is 2.38 bits per heavy atom. The van der Waals surface area contributed by atoms with Crippen molar-refractivity contribution in [3.8, 4) is 0 Å². The Morgan fingerprint density at radius 1 is 1.62 bits per heavy atom. The third kappa shape index (κ3) is 1.54. The zero-order valence-corrected chi connectivity index (χ0v) is 9.03. The highest BCUT2D eigenvalue weighted by Crippen LogP contribution is 2.54. The van der Waals surface area contributed by atoms with E-state index in [0.717, 1.165) is 5.57 Å². The normalized spacial score (nSPS) is 31.6. The maximum absolute atomic E-state index is 11.5. The molecule has 2 rings (SSSR count). The van der Waals surface area contributed by atoms with Crippen LogP contribution < -0.4 is 0 Å². The van der Waals surface area contributed by atoms with Gasteiger partial charge in [-0.05, 0) is 6.42 Å². The van der Waals surface area contributed by atoms with E-state index in [4.69, 9.17) is 9.47 Å². The van der Waals surface area contributed by atoms with Crippen LogP contribution in [0.3, 0.4) is 0 Å². The molecule has 2 saturated carbocycles. The molecule has 2 aliphatic rings. The number of carbonyl (C=O) groups excluding carboxylic acids is 2. The van der Waals surface area contributed by atoms with Gasteiger partial charge in [0.05, 0.1) is 5.92 Å². The first-order valence-corrected chi connectivity index (χ1v) is 5.26. The Hall–Kier alpha value is -1.58. The Bertz CT molecular complexity index is 371. The van der Waals surface area contributed by atoms with Crippen LogP contribution in [-0.2, 0) is 14.3 Å². The fourth-order valence-electron chi connectivity index (χ4n) is 2.53. The second-order valence-corrected chi connectivity index (χ2v) is 4.25. The van der Waals surface area contributed by atoms with Crippen molar-refractivity contribution < 1.29 is 19.1 Å². The molecule has 86 valence electrons. The number of hydrogen-bond acceptors (Lipinski definition) is 4. The van der Waals surface area contributed by atoms with Crippen LogP contribution in [0.15, 0.2) is 24.8 Å². The molecule has 0 aliphatic heterocycles. The van der Waals surface area contributed by atoms with E-state index >= 15 is 0 Å². The highest BCUT2D eigenvalue weighted by atomic mass is 16.7. The van der Waals surface area contributed by atoms with E-state index < -0.39 is 11.8 Å². The van der Waals surface area contributed by atoms with Crippen molar-refractivity contribution in [2.24, 2.45) is 5.92 Å². The number of fused-ring (bicyclic) bond motifs is 1.